The van der Waals surface area contributed by atoms with Crippen LogP contribution in [0.1, 0.15) is 32.1 Å². The van der Waals surface area contributed by atoms with Crippen LogP contribution >= 0.6 is 11.3 Å². The standard InChI is InChI=1S/C13H24N2O3S2/c1-5-11(9-18-4)15-20(16,17)13-6-7-19-12(13)8-14-10(2)3/h6-7,10-11,14-15H,5,8-9H2,1-4H3. The lowest BCUT2D eigenvalue weighted by molar-refractivity contribution is 0.173. The van der Waals surface area contributed by atoms with Crippen LogP contribution in [0.2, 0.25) is 0 Å². The maximum atomic E-state index is 12.4. The third kappa shape index (κ3) is 5.14. The Hall–Kier alpha value is -0.470. The second-order valence-electron chi connectivity index (χ2n) is 4.93. The average Bonchev–Trinajstić information content (AvgIpc) is 2.84. The van der Waals surface area contributed by atoms with Crippen molar-refractivity contribution in [1.29, 1.82) is 0 Å². The highest BCUT2D eigenvalue weighted by Gasteiger charge is 2.22. The van der Waals surface area contributed by atoms with E-state index in [0.29, 0.717) is 30.5 Å². The second-order valence-corrected chi connectivity index (χ2v) is 7.61. The van der Waals surface area contributed by atoms with Crippen molar-refractivity contribution in [2.24, 2.45) is 0 Å². The van der Waals surface area contributed by atoms with Crippen LogP contribution in [0.15, 0.2) is 16.3 Å². The Kier molecular flexibility index (Phi) is 7.11. The molecular weight excluding hydrogens is 296 g/mol. The molecule has 20 heavy (non-hydrogen) atoms. The van der Waals surface area contributed by atoms with Crippen molar-refractivity contribution in [3.63, 3.8) is 0 Å². The van der Waals surface area contributed by atoms with Gasteiger partial charge in [-0.2, -0.15) is 0 Å². The third-order valence-electron chi connectivity index (χ3n) is 2.85. The summed E-state index contributed by atoms with van der Waals surface area (Å²) in [6.45, 7) is 6.94. The molecule has 1 rings (SSSR count). The lowest BCUT2D eigenvalue weighted by Crippen LogP contribution is -2.37. The minimum atomic E-state index is -3.49. The quantitative estimate of drug-likeness (QED) is 0.730. The molecular formula is C13H24N2O3S2. The number of thiophene rings is 1. The summed E-state index contributed by atoms with van der Waals surface area (Å²) in [5.74, 6) is 0. The number of sulfonamides is 1. The monoisotopic (exact) mass is 320 g/mol. The van der Waals surface area contributed by atoms with Gasteiger partial charge in [0.15, 0.2) is 0 Å². The van der Waals surface area contributed by atoms with E-state index in [1.54, 1.807) is 13.2 Å². The van der Waals surface area contributed by atoms with Gasteiger partial charge in [-0.15, -0.1) is 11.3 Å². The molecule has 0 aromatic carbocycles. The number of ether oxygens (including phenoxy) is 1. The van der Waals surface area contributed by atoms with Crippen LogP contribution in [0.3, 0.4) is 0 Å². The highest BCUT2D eigenvalue weighted by molar-refractivity contribution is 7.89. The van der Waals surface area contributed by atoms with Crippen LogP contribution < -0.4 is 10.0 Å². The molecule has 1 aromatic rings. The fourth-order valence-corrected chi connectivity index (χ4v) is 4.41. The molecule has 0 amide bonds. The van der Waals surface area contributed by atoms with E-state index < -0.39 is 10.0 Å². The minimum absolute atomic E-state index is 0.198. The molecule has 0 spiro atoms. The van der Waals surface area contributed by atoms with Crippen molar-refractivity contribution in [2.75, 3.05) is 13.7 Å². The molecule has 0 bridgehead atoms. The lowest BCUT2D eigenvalue weighted by Gasteiger charge is -2.16. The molecule has 116 valence electrons. The van der Waals surface area contributed by atoms with E-state index in [2.05, 4.69) is 10.0 Å². The van der Waals surface area contributed by atoms with Gasteiger partial charge in [0.2, 0.25) is 10.0 Å². The second kappa shape index (κ2) is 8.09. The van der Waals surface area contributed by atoms with E-state index in [-0.39, 0.29) is 6.04 Å². The normalized spacial score (nSPS) is 13.8. The van der Waals surface area contributed by atoms with E-state index in [1.807, 2.05) is 26.2 Å². The SMILES string of the molecule is CCC(COC)NS(=O)(=O)c1ccsc1CNC(C)C. The first kappa shape index (κ1) is 17.6. The smallest absolute Gasteiger partial charge is 0.242 e. The Balaban J connectivity index is 2.84. The highest BCUT2D eigenvalue weighted by Crippen LogP contribution is 2.22. The molecule has 0 aliphatic rings. The molecule has 0 aliphatic carbocycles. The summed E-state index contributed by atoms with van der Waals surface area (Å²) in [5, 5.41) is 5.06. The molecule has 5 nitrogen and oxygen atoms in total. The van der Waals surface area contributed by atoms with Crippen molar-refractivity contribution >= 4 is 21.4 Å². The van der Waals surface area contributed by atoms with Crippen molar-refractivity contribution in [2.45, 2.75) is 50.7 Å². The third-order valence-corrected chi connectivity index (χ3v) is 5.50. The largest absolute Gasteiger partial charge is 0.383 e. The maximum Gasteiger partial charge on any atom is 0.242 e. The lowest BCUT2D eigenvalue weighted by atomic mass is 10.3. The molecule has 1 atom stereocenters. The van der Waals surface area contributed by atoms with Crippen LogP contribution in [-0.2, 0) is 21.3 Å². The van der Waals surface area contributed by atoms with Gasteiger partial charge in [0.05, 0.1) is 11.5 Å². The Morgan fingerprint density at radius 1 is 1.40 bits per heavy atom. The molecule has 0 fully saturated rings. The number of hydrogen-bond donors (Lipinski definition) is 2. The van der Waals surface area contributed by atoms with Crippen molar-refractivity contribution in [3.8, 4) is 0 Å². The summed E-state index contributed by atoms with van der Waals surface area (Å²) in [7, 11) is -1.92. The number of hydrogen-bond acceptors (Lipinski definition) is 5. The van der Waals surface area contributed by atoms with E-state index in [9.17, 15) is 8.42 Å². The Labute approximate surface area is 125 Å². The first-order valence-electron chi connectivity index (χ1n) is 6.71. The van der Waals surface area contributed by atoms with E-state index in [0.717, 1.165) is 4.88 Å². The van der Waals surface area contributed by atoms with Crippen molar-refractivity contribution in [1.82, 2.24) is 10.0 Å². The molecule has 1 unspecified atom stereocenters. The average molecular weight is 320 g/mol. The summed E-state index contributed by atoms with van der Waals surface area (Å²) in [4.78, 5) is 1.20. The van der Waals surface area contributed by atoms with Crippen LogP contribution in [-0.4, -0.2) is 34.2 Å². The van der Waals surface area contributed by atoms with E-state index in [1.165, 1.54) is 11.3 Å². The first-order valence-corrected chi connectivity index (χ1v) is 9.08. The predicted molar refractivity (Wildman–Crippen MR) is 82.6 cm³/mol. The Bertz CT molecular complexity index is 497. The number of nitrogens with one attached hydrogen (secondary N) is 2. The van der Waals surface area contributed by atoms with Gasteiger partial charge >= 0.3 is 0 Å². The maximum absolute atomic E-state index is 12.4. The number of methoxy groups -OCH3 is 1. The molecule has 0 saturated heterocycles. The molecule has 1 heterocycles. The zero-order valence-corrected chi connectivity index (χ0v) is 14.1. The van der Waals surface area contributed by atoms with Crippen molar-refractivity contribution in [3.05, 3.63) is 16.3 Å². The van der Waals surface area contributed by atoms with Gasteiger partial charge in [0.1, 0.15) is 0 Å². The van der Waals surface area contributed by atoms with Crippen LogP contribution in [0, 0.1) is 0 Å². The highest BCUT2D eigenvalue weighted by atomic mass is 32.2. The summed E-state index contributed by atoms with van der Waals surface area (Å²) < 4.78 is 32.6. The first-order chi connectivity index (χ1) is 9.40. The van der Waals surface area contributed by atoms with Gasteiger partial charge in [-0.1, -0.05) is 20.8 Å². The zero-order chi connectivity index (χ0) is 15.2. The molecule has 1 aromatic heterocycles. The van der Waals surface area contributed by atoms with Gasteiger partial charge in [-0.3, -0.25) is 0 Å². The summed E-state index contributed by atoms with van der Waals surface area (Å²) >= 11 is 1.45. The molecule has 0 aliphatic heterocycles. The van der Waals surface area contributed by atoms with Crippen LogP contribution in [0.5, 0.6) is 0 Å². The summed E-state index contributed by atoms with van der Waals surface area (Å²) in [6, 6.07) is 1.78. The van der Waals surface area contributed by atoms with Crippen LogP contribution in [0.4, 0.5) is 0 Å². The van der Waals surface area contributed by atoms with Crippen molar-refractivity contribution < 1.29 is 13.2 Å². The van der Waals surface area contributed by atoms with Gasteiger partial charge in [-0.05, 0) is 17.9 Å². The van der Waals surface area contributed by atoms with E-state index in [4.69, 9.17) is 4.74 Å². The van der Waals surface area contributed by atoms with E-state index >= 15 is 0 Å². The summed E-state index contributed by atoms with van der Waals surface area (Å²) in [6.07, 6.45) is 0.691. The number of rotatable bonds is 9. The topological polar surface area (TPSA) is 67.4 Å². The minimum Gasteiger partial charge on any atom is -0.383 e. The fraction of sp³-hybridized carbons (Fsp3) is 0.692. The molecule has 0 radical (unpaired) electrons. The fourth-order valence-electron chi connectivity index (χ4n) is 1.71. The Morgan fingerprint density at radius 3 is 2.65 bits per heavy atom. The molecule has 2 N–H and O–H groups in total. The van der Waals surface area contributed by atoms with Gasteiger partial charge in [0, 0.05) is 30.6 Å². The zero-order valence-electron chi connectivity index (χ0n) is 12.5. The summed E-state index contributed by atoms with van der Waals surface area (Å²) in [5.41, 5.74) is 0. The van der Waals surface area contributed by atoms with Gasteiger partial charge < -0.3 is 10.1 Å². The Morgan fingerprint density at radius 2 is 2.10 bits per heavy atom. The van der Waals surface area contributed by atoms with Gasteiger partial charge in [-0.25, -0.2) is 13.1 Å². The van der Waals surface area contributed by atoms with Crippen LogP contribution in [0.25, 0.3) is 0 Å². The molecule has 0 saturated carbocycles. The predicted octanol–water partition coefficient (Wildman–Crippen LogP) is 1.95. The van der Waals surface area contributed by atoms with Gasteiger partial charge in [0.25, 0.3) is 0 Å². The molecule has 7 heteroatoms.